The number of benzene rings is 1. The second-order valence-electron chi connectivity index (χ2n) is 6.16. The van der Waals surface area contributed by atoms with E-state index in [1.165, 1.54) is 0 Å². The summed E-state index contributed by atoms with van der Waals surface area (Å²) < 4.78 is 5.54. The largest absolute Gasteiger partial charge is 0.444 e. The smallest absolute Gasteiger partial charge is 0.410 e. The van der Waals surface area contributed by atoms with E-state index in [4.69, 9.17) is 4.74 Å². The molecule has 0 aliphatic carbocycles. The number of hydrogen-bond acceptors (Lipinski definition) is 3. The fourth-order valence-electron chi connectivity index (χ4n) is 2.39. The lowest BCUT2D eigenvalue weighted by atomic mass is 10.1. The van der Waals surface area contributed by atoms with Crippen LogP contribution in [-0.2, 0) is 4.74 Å². The number of amides is 1. The standard InChI is InChI=1S/C16H24N2O2/c1-16(2,3)20-15(19)18-11-7-10-17-12-14(18)13-8-5-4-6-9-13/h4-6,8-9,14,17H,7,10-12H2,1-3H3. The maximum Gasteiger partial charge on any atom is 0.410 e. The third kappa shape index (κ3) is 3.97. The average molecular weight is 276 g/mol. The molecule has 0 spiro atoms. The van der Waals surface area contributed by atoms with Gasteiger partial charge < -0.3 is 10.1 Å². The van der Waals surface area contributed by atoms with E-state index in [9.17, 15) is 4.79 Å². The summed E-state index contributed by atoms with van der Waals surface area (Å²) in [4.78, 5) is 14.3. The summed E-state index contributed by atoms with van der Waals surface area (Å²) >= 11 is 0. The summed E-state index contributed by atoms with van der Waals surface area (Å²) in [5.41, 5.74) is 0.686. The molecule has 0 radical (unpaired) electrons. The van der Waals surface area contributed by atoms with Crippen LogP contribution in [0.5, 0.6) is 0 Å². The van der Waals surface area contributed by atoms with E-state index in [0.717, 1.165) is 31.6 Å². The summed E-state index contributed by atoms with van der Waals surface area (Å²) in [5.74, 6) is 0. The van der Waals surface area contributed by atoms with Crippen LogP contribution in [0.1, 0.15) is 38.8 Å². The van der Waals surface area contributed by atoms with Gasteiger partial charge in [0.1, 0.15) is 5.60 Å². The molecule has 0 aromatic heterocycles. The van der Waals surface area contributed by atoms with Crippen LogP contribution in [0.4, 0.5) is 4.79 Å². The second kappa shape index (κ2) is 6.27. The first-order chi connectivity index (χ1) is 9.47. The van der Waals surface area contributed by atoms with Crippen LogP contribution in [0.15, 0.2) is 30.3 Å². The molecule has 4 heteroatoms. The SMILES string of the molecule is CC(C)(C)OC(=O)N1CCCNCC1c1ccccc1. The van der Waals surface area contributed by atoms with Gasteiger partial charge in [0, 0.05) is 13.1 Å². The predicted octanol–water partition coefficient (Wildman–Crippen LogP) is 2.96. The van der Waals surface area contributed by atoms with Gasteiger partial charge in [0.05, 0.1) is 6.04 Å². The first kappa shape index (κ1) is 14.9. The van der Waals surface area contributed by atoms with Gasteiger partial charge in [-0.3, -0.25) is 4.90 Å². The van der Waals surface area contributed by atoms with Crippen molar-refractivity contribution in [2.45, 2.75) is 38.8 Å². The van der Waals surface area contributed by atoms with E-state index in [1.807, 2.05) is 43.9 Å². The Morgan fingerprint density at radius 3 is 2.65 bits per heavy atom. The molecule has 1 N–H and O–H groups in total. The number of carbonyl (C=O) groups is 1. The van der Waals surface area contributed by atoms with E-state index >= 15 is 0 Å². The summed E-state index contributed by atoms with van der Waals surface area (Å²) in [6, 6.07) is 10.2. The van der Waals surface area contributed by atoms with Crippen LogP contribution < -0.4 is 5.32 Å². The summed E-state index contributed by atoms with van der Waals surface area (Å²) in [5, 5.41) is 3.39. The maximum absolute atomic E-state index is 12.4. The fourth-order valence-corrected chi connectivity index (χ4v) is 2.39. The quantitative estimate of drug-likeness (QED) is 0.857. The predicted molar refractivity (Wildman–Crippen MR) is 79.6 cm³/mol. The van der Waals surface area contributed by atoms with Gasteiger partial charge in [-0.05, 0) is 39.3 Å². The molecule has 1 atom stereocenters. The van der Waals surface area contributed by atoms with Gasteiger partial charge in [0.25, 0.3) is 0 Å². The van der Waals surface area contributed by atoms with Crippen LogP contribution in [0, 0.1) is 0 Å². The van der Waals surface area contributed by atoms with Crippen LogP contribution in [0.3, 0.4) is 0 Å². The molecule has 2 rings (SSSR count). The topological polar surface area (TPSA) is 41.6 Å². The van der Waals surface area contributed by atoms with E-state index in [0.29, 0.717) is 0 Å². The van der Waals surface area contributed by atoms with Crippen LogP contribution >= 0.6 is 0 Å². The summed E-state index contributed by atoms with van der Waals surface area (Å²) in [7, 11) is 0. The van der Waals surface area contributed by atoms with Gasteiger partial charge in [0.15, 0.2) is 0 Å². The molecule has 1 aliphatic rings. The molecule has 1 aliphatic heterocycles. The number of ether oxygens (including phenoxy) is 1. The molecule has 1 amide bonds. The molecule has 0 bridgehead atoms. The number of rotatable bonds is 1. The Hall–Kier alpha value is -1.55. The third-order valence-corrected chi connectivity index (χ3v) is 3.28. The molecule has 4 nitrogen and oxygen atoms in total. The van der Waals surface area contributed by atoms with Crippen molar-refractivity contribution >= 4 is 6.09 Å². The molecule has 1 heterocycles. The molecule has 1 fully saturated rings. The molecule has 1 aromatic rings. The molecular formula is C16H24N2O2. The highest BCUT2D eigenvalue weighted by Crippen LogP contribution is 2.24. The third-order valence-electron chi connectivity index (χ3n) is 3.28. The van der Waals surface area contributed by atoms with Gasteiger partial charge >= 0.3 is 6.09 Å². The molecule has 110 valence electrons. The van der Waals surface area contributed by atoms with Gasteiger partial charge in [0.2, 0.25) is 0 Å². The number of hydrogen-bond donors (Lipinski definition) is 1. The maximum atomic E-state index is 12.4. The number of nitrogens with zero attached hydrogens (tertiary/aromatic N) is 1. The highest BCUT2D eigenvalue weighted by Gasteiger charge is 2.30. The lowest BCUT2D eigenvalue weighted by Crippen LogP contribution is -2.41. The van der Waals surface area contributed by atoms with Crippen molar-refractivity contribution in [2.75, 3.05) is 19.6 Å². The van der Waals surface area contributed by atoms with Gasteiger partial charge in [-0.2, -0.15) is 0 Å². The molecule has 1 saturated heterocycles. The lowest BCUT2D eigenvalue weighted by Gasteiger charge is -2.32. The average Bonchev–Trinajstić information content (AvgIpc) is 2.63. The highest BCUT2D eigenvalue weighted by molar-refractivity contribution is 5.69. The summed E-state index contributed by atoms with van der Waals surface area (Å²) in [6.45, 7) is 8.13. The van der Waals surface area contributed by atoms with Crippen molar-refractivity contribution in [1.29, 1.82) is 0 Å². The van der Waals surface area contributed by atoms with Gasteiger partial charge in [-0.15, -0.1) is 0 Å². The van der Waals surface area contributed by atoms with Gasteiger partial charge in [-0.1, -0.05) is 30.3 Å². The van der Waals surface area contributed by atoms with Gasteiger partial charge in [-0.25, -0.2) is 4.79 Å². The Bertz CT molecular complexity index is 440. The van der Waals surface area contributed by atoms with Crippen molar-refractivity contribution in [1.82, 2.24) is 10.2 Å². The lowest BCUT2D eigenvalue weighted by molar-refractivity contribution is 0.0174. The Kier molecular flexibility index (Phi) is 4.65. The minimum atomic E-state index is -0.460. The first-order valence-corrected chi connectivity index (χ1v) is 7.23. The zero-order valence-corrected chi connectivity index (χ0v) is 12.6. The van der Waals surface area contributed by atoms with Crippen molar-refractivity contribution in [3.8, 4) is 0 Å². The normalized spacial score (nSPS) is 20.4. The van der Waals surface area contributed by atoms with E-state index in [1.54, 1.807) is 0 Å². The van der Waals surface area contributed by atoms with Crippen molar-refractivity contribution < 1.29 is 9.53 Å². The second-order valence-corrected chi connectivity index (χ2v) is 6.16. The molecule has 20 heavy (non-hydrogen) atoms. The Balaban J connectivity index is 2.19. The summed E-state index contributed by atoms with van der Waals surface area (Å²) in [6.07, 6.45) is 0.720. The minimum Gasteiger partial charge on any atom is -0.444 e. The van der Waals surface area contributed by atoms with E-state index in [-0.39, 0.29) is 12.1 Å². The van der Waals surface area contributed by atoms with Crippen molar-refractivity contribution in [2.24, 2.45) is 0 Å². The molecular weight excluding hydrogens is 252 g/mol. The number of nitrogens with one attached hydrogen (secondary N) is 1. The zero-order chi connectivity index (χ0) is 14.6. The van der Waals surface area contributed by atoms with E-state index < -0.39 is 5.60 Å². The highest BCUT2D eigenvalue weighted by atomic mass is 16.6. The minimum absolute atomic E-state index is 0.0357. The molecule has 0 saturated carbocycles. The Morgan fingerprint density at radius 1 is 1.30 bits per heavy atom. The van der Waals surface area contributed by atoms with Crippen LogP contribution in [0.25, 0.3) is 0 Å². The van der Waals surface area contributed by atoms with E-state index in [2.05, 4.69) is 17.4 Å². The zero-order valence-electron chi connectivity index (χ0n) is 12.6. The monoisotopic (exact) mass is 276 g/mol. The molecule has 1 aromatic carbocycles. The number of carbonyl (C=O) groups excluding carboxylic acids is 1. The van der Waals surface area contributed by atoms with Crippen LogP contribution in [-0.4, -0.2) is 36.2 Å². The Morgan fingerprint density at radius 2 is 2.00 bits per heavy atom. The fraction of sp³-hybridized carbons (Fsp3) is 0.562. The first-order valence-electron chi connectivity index (χ1n) is 7.23. The van der Waals surface area contributed by atoms with Crippen molar-refractivity contribution in [3.05, 3.63) is 35.9 Å². The van der Waals surface area contributed by atoms with Crippen LogP contribution in [0.2, 0.25) is 0 Å². The Labute approximate surface area is 121 Å². The van der Waals surface area contributed by atoms with Crippen molar-refractivity contribution in [3.63, 3.8) is 0 Å². The molecule has 1 unspecified atom stereocenters.